The lowest BCUT2D eigenvalue weighted by atomic mass is 9.97. The van der Waals surface area contributed by atoms with Crippen LogP contribution in [-0.2, 0) is 0 Å². The predicted molar refractivity (Wildman–Crippen MR) is 94.3 cm³/mol. The van der Waals surface area contributed by atoms with Crippen LogP contribution in [0.15, 0.2) is 47.0 Å². The number of carboxylic acid groups (broad SMARTS) is 1. The van der Waals surface area contributed by atoms with Gasteiger partial charge in [-0.2, -0.15) is 0 Å². The second kappa shape index (κ2) is 6.00. The third kappa shape index (κ3) is 3.25. The van der Waals surface area contributed by atoms with Crippen molar-refractivity contribution < 1.29 is 14.4 Å². The van der Waals surface area contributed by atoms with Gasteiger partial charge < -0.3 is 14.9 Å². The van der Waals surface area contributed by atoms with Gasteiger partial charge in [-0.3, -0.25) is 0 Å². The van der Waals surface area contributed by atoms with Crippen LogP contribution in [-0.4, -0.2) is 22.8 Å². The number of aromatic carboxylic acids is 1. The molecule has 0 aliphatic rings. The van der Waals surface area contributed by atoms with Crippen molar-refractivity contribution in [3.63, 3.8) is 0 Å². The van der Waals surface area contributed by atoms with Gasteiger partial charge in [0.15, 0.2) is 11.4 Å². The molecule has 2 aromatic carbocycles. The lowest BCUT2D eigenvalue weighted by Crippen LogP contribution is -2.19. The molecule has 3 rings (SSSR count). The van der Waals surface area contributed by atoms with Crippen molar-refractivity contribution in [2.75, 3.05) is 11.9 Å². The number of benzene rings is 2. The van der Waals surface area contributed by atoms with Crippen LogP contribution in [0.3, 0.4) is 0 Å². The Morgan fingerprint density at radius 3 is 2.67 bits per heavy atom. The van der Waals surface area contributed by atoms with Gasteiger partial charge in [-0.25, -0.2) is 4.79 Å². The molecule has 5 nitrogen and oxygen atoms in total. The minimum Gasteiger partial charge on any atom is -0.478 e. The number of fused-ring (bicyclic) bond motifs is 1. The average molecular weight is 324 g/mol. The van der Waals surface area contributed by atoms with E-state index in [9.17, 15) is 9.90 Å². The number of nitrogens with zero attached hydrogens (tertiary/aromatic N) is 1. The van der Waals surface area contributed by atoms with Crippen LogP contribution in [0.2, 0.25) is 0 Å². The van der Waals surface area contributed by atoms with E-state index < -0.39 is 5.97 Å². The maximum absolute atomic E-state index is 11.4. The number of carbonyl (C=O) groups is 1. The molecule has 1 aromatic heterocycles. The molecule has 124 valence electrons. The molecule has 2 N–H and O–H groups in total. The first kappa shape index (κ1) is 16.1. The quantitative estimate of drug-likeness (QED) is 0.730. The Labute approximate surface area is 140 Å². The van der Waals surface area contributed by atoms with Crippen molar-refractivity contribution in [1.29, 1.82) is 0 Å². The fraction of sp³-hybridized carbons (Fsp3) is 0.263. The first-order chi connectivity index (χ1) is 11.3. The van der Waals surface area contributed by atoms with Crippen molar-refractivity contribution in [3.05, 3.63) is 48.0 Å². The maximum atomic E-state index is 11.4. The molecule has 0 fully saturated rings. The van der Waals surface area contributed by atoms with Crippen LogP contribution in [0.1, 0.15) is 31.1 Å². The topological polar surface area (TPSA) is 75.4 Å². The second-order valence-corrected chi connectivity index (χ2v) is 7.01. The SMILES string of the molecule is CC(C)(C)CNc1noc2ccc(-c3ccccc3C(=O)O)cc12. The molecule has 0 bridgehead atoms. The normalized spacial score (nSPS) is 11.6. The Bertz CT molecular complexity index is 891. The molecule has 1 heterocycles. The van der Waals surface area contributed by atoms with E-state index in [4.69, 9.17) is 4.52 Å². The minimum atomic E-state index is -0.943. The van der Waals surface area contributed by atoms with Crippen LogP contribution >= 0.6 is 0 Å². The monoisotopic (exact) mass is 324 g/mol. The van der Waals surface area contributed by atoms with E-state index in [2.05, 4.69) is 31.2 Å². The van der Waals surface area contributed by atoms with Gasteiger partial charge in [0, 0.05) is 6.54 Å². The van der Waals surface area contributed by atoms with Crippen molar-refractivity contribution in [2.45, 2.75) is 20.8 Å². The summed E-state index contributed by atoms with van der Waals surface area (Å²) in [6, 6.07) is 12.5. The van der Waals surface area contributed by atoms with Crippen molar-refractivity contribution in [1.82, 2.24) is 5.16 Å². The van der Waals surface area contributed by atoms with Gasteiger partial charge in [-0.05, 0) is 34.7 Å². The lowest BCUT2D eigenvalue weighted by molar-refractivity contribution is 0.0697. The van der Waals surface area contributed by atoms with Gasteiger partial charge in [0.2, 0.25) is 0 Å². The highest BCUT2D eigenvalue weighted by atomic mass is 16.5. The summed E-state index contributed by atoms with van der Waals surface area (Å²) < 4.78 is 5.35. The molecule has 0 saturated heterocycles. The van der Waals surface area contributed by atoms with Crippen LogP contribution in [0.25, 0.3) is 22.1 Å². The summed E-state index contributed by atoms with van der Waals surface area (Å²) in [6.07, 6.45) is 0. The summed E-state index contributed by atoms with van der Waals surface area (Å²) in [7, 11) is 0. The molecule has 0 aliphatic carbocycles. The zero-order valence-electron chi connectivity index (χ0n) is 14.0. The molecule has 0 unspecified atom stereocenters. The predicted octanol–water partition coefficient (Wildman–Crippen LogP) is 4.65. The first-order valence-corrected chi connectivity index (χ1v) is 7.81. The largest absolute Gasteiger partial charge is 0.478 e. The molecular weight excluding hydrogens is 304 g/mol. The molecule has 0 atom stereocenters. The summed E-state index contributed by atoms with van der Waals surface area (Å²) in [6.45, 7) is 7.16. The zero-order chi connectivity index (χ0) is 17.3. The Morgan fingerprint density at radius 1 is 1.21 bits per heavy atom. The maximum Gasteiger partial charge on any atom is 0.336 e. The van der Waals surface area contributed by atoms with E-state index in [1.807, 2.05) is 24.3 Å². The van der Waals surface area contributed by atoms with Crippen molar-refractivity contribution in [2.24, 2.45) is 5.41 Å². The number of hydrogen-bond acceptors (Lipinski definition) is 4. The molecule has 3 aromatic rings. The third-order valence-corrected chi connectivity index (χ3v) is 3.72. The van der Waals surface area contributed by atoms with Gasteiger partial charge in [0.25, 0.3) is 0 Å². The van der Waals surface area contributed by atoms with Crippen molar-refractivity contribution in [3.8, 4) is 11.1 Å². The molecule has 0 radical (unpaired) electrons. The number of anilines is 1. The first-order valence-electron chi connectivity index (χ1n) is 7.81. The summed E-state index contributed by atoms with van der Waals surface area (Å²) in [5, 5.41) is 17.6. The third-order valence-electron chi connectivity index (χ3n) is 3.72. The van der Waals surface area contributed by atoms with Gasteiger partial charge in [0.05, 0.1) is 10.9 Å². The lowest BCUT2D eigenvalue weighted by Gasteiger charge is -2.18. The average Bonchev–Trinajstić information content (AvgIpc) is 2.94. The number of carboxylic acids is 1. The molecule has 0 aliphatic heterocycles. The van der Waals surface area contributed by atoms with E-state index in [0.29, 0.717) is 17.0 Å². The summed E-state index contributed by atoms with van der Waals surface area (Å²) in [5.74, 6) is -0.267. The van der Waals surface area contributed by atoms with E-state index >= 15 is 0 Å². The highest BCUT2D eigenvalue weighted by Gasteiger charge is 2.16. The van der Waals surface area contributed by atoms with Crippen LogP contribution in [0.4, 0.5) is 5.82 Å². The highest BCUT2D eigenvalue weighted by molar-refractivity contribution is 5.98. The molecule has 0 saturated carbocycles. The van der Waals surface area contributed by atoms with E-state index in [1.165, 1.54) is 0 Å². The summed E-state index contributed by atoms with van der Waals surface area (Å²) in [5.41, 5.74) is 2.55. The molecular formula is C19H20N2O3. The smallest absolute Gasteiger partial charge is 0.336 e. The van der Waals surface area contributed by atoms with Gasteiger partial charge in [0.1, 0.15) is 0 Å². The fourth-order valence-electron chi connectivity index (χ4n) is 2.50. The molecule has 24 heavy (non-hydrogen) atoms. The van der Waals surface area contributed by atoms with E-state index in [-0.39, 0.29) is 11.0 Å². The Hall–Kier alpha value is -2.82. The van der Waals surface area contributed by atoms with Crippen LogP contribution < -0.4 is 5.32 Å². The Kier molecular flexibility index (Phi) is 4.01. The van der Waals surface area contributed by atoms with E-state index in [0.717, 1.165) is 17.5 Å². The van der Waals surface area contributed by atoms with Gasteiger partial charge in [-0.15, -0.1) is 0 Å². The van der Waals surface area contributed by atoms with E-state index in [1.54, 1.807) is 18.2 Å². The van der Waals surface area contributed by atoms with Gasteiger partial charge >= 0.3 is 5.97 Å². The number of hydrogen-bond donors (Lipinski definition) is 2. The minimum absolute atomic E-state index is 0.110. The van der Waals surface area contributed by atoms with Gasteiger partial charge in [-0.1, -0.05) is 50.2 Å². The standard InChI is InChI=1S/C19H20N2O3/c1-19(2,3)11-20-17-15-10-12(8-9-16(15)24-21-17)13-6-4-5-7-14(13)18(22)23/h4-10H,11H2,1-3H3,(H,20,21)(H,22,23). The number of rotatable bonds is 4. The highest BCUT2D eigenvalue weighted by Crippen LogP contribution is 2.31. The Morgan fingerprint density at radius 2 is 1.96 bits per heavy atom. The molecule has 0 amide bonds. The zero-order valence-corrected chi connectivity index (χ0v) is 14.0. The fourth-order valence-corrected chi connectivity index (χ4v) is 2.50. The number of aromatic nitrogens is 1. The Balaban J connectivity index is 2.04. The van der Waals surface area contributed by atoms with Crippen LogP contribution in [0, 0.1) is 5.41 Å². The summed E-state index contributed by atoms with van der Waals surface area (Å²) >= 11 is 0. The van der Waals surface area contributed by atoms with Crippen molar-refractivity contribution >= 4 is 22.8 Å². The van der Waals surface area contributed by atoms with Crippen LogP contribution in [0.5, 0.6) is 0 Å². The number of nitrogens with one attached hydrogen (secondary N) is 1. The summed E-state index contributed by atoms with van der Waals surface area (Å²) in [4.78, 5) is 11.4. The second-order valence-electron chi connectivity index (χ2n) is 7.01. The molecule has 0 spiro atoms. The molecule has 5 heteroatoms.